The van der Waals surface area contributed by atoms with Gasteiger partial charge < -0.3 is 10.4 Å². The smallest absolute Gasteiger partial charge is 0.121 e. The van der Waals surface area contributed by atoms with Crippen LogP contribution in [0.4, 0.5) is 0 Å². The van der Waals surface area contributed by atoms with Crippen LogP contribution < -0.4 is 5.32 Å². The Morgan fingerprint density at radius 2 is 2.15 bits per heavy atom. The third-order valence-electron chi connectivity index (χ3n) is 2.70. The van der Waals surface area contributed by atoms with Crippen molar-refractivity contribution >= 4 is 15.9 Å². The molecule has 0 unspecified atom stereocenters. The van der Waals surface area contributed by atoms with Gasteiger partial charge >= 0.3 is 0 Å². The van der Waals surface area contributed by atoms with Gasteiger partial charge in [-0.15, -0.1) is 0 Å². The molecule has 0 saturated heterocycles. The summed E-state index contributed by atoms with van der Waals surface area (Å²) in [5.74, 6) is 0.376. The Labute approximate surface area is 86.1 Å². The lowest BCUT2D eigenvalue weighted by Crippen LogP contribution is -2.24. The molecule has 1 aliphatic rings. The number of benzene rings is 1. The highest BCUT2D eigenvalue weighted by Gasteiger charge is 2.44. The van der Waals surface area contributed by atoms with Crippen LogP contribution in [0.15, 0.2) is 22.7 Å². The summed E-state index contributed by atoms with van der Waals surface area (Å²) in [4.78, 5) is 0. The fraction of sp³-hybridized carbons (Fsp3) is 0.400. The Morgan fingerprint density at radius 3 is 2.62 bits per heavy atom. The van der Waals surface area contributed by atoms with Crippen LogP contribution in [0.3, 0.4) is 0 Å². The lowest BCUT2D eigenvalue weighted by molar-refractivity contribution is 0.448. The van der Waals surface area contributed by atoms with Gasteiger partial charge in [0.25, 0.3) is 0 Å². The molecule has 1 aliphatic carbocycles. The molecule has 1 aromatic rings. The van der Waals surface area contributed by atoms with Crippen LogP contribution in [-0.2, 0) is 5.54 Å². The molecule has 0 heterocycles. The summed E-state index contributed by atoms with van der Waals surface area (Å²) in [5, 5.41) is 13.0. The van der Waals surface area contributed by atoms with Crippen molar-refractivity contribution in [3.63, 3.8) is 0 Å². The van der Waals surface area contributed by atoms with E-state index in [1.165, 1.54) is 0 Å². The van der Waals surface area contributed by atoms with Gasteiger partial charge in [-0.05, 0) is 32.0 Å². The van der Waals surface area contributed by atoms with E-state index in [2.05, 4.69) is 21.2 Å². The highest BCUT2D eigenvalue weighted by atomic mass is 79.9. The molecule has 0 radical (unpaired) electrons. The first-order valence-electron chi connectivity index (χ1n) is 4.36. The van der Waals surface area contributed by atoms with Crippen LogP contribution in [0.5, 0.6) is 5.75 Å². The van der Waals surface area contributed by atoms with E-state index >= 15 is 0 Å². The van der Waals surface area contributed by atoms with E-state index in [0.29, 0.717) is 5.75 Å². The molecule has 1 fully saturated rings. The first-order valence-corrected chi connectivity index (χ1v) is 5.15. The summed E-state index contributed by atoms with van der Waals surface area (Å²) in [6.07, 6.45) is 2.22. The highest BCUT2D eigenvalue weighted by Crippen LogP contribution is 2.48. The number of phenolic OH excluding ortho intramolecular Hbond substituents is 1. The van der Waals surface area contributed by atoms with Gasteiger partial charge in [0, 0.05) is 15.6 Å². The second kappa shape index (κ2) is 3.00. The summed E-state index contributed by atoms with van der Waals surface area (Å²) in [6, 6.07) is 5.68. The van der Waals surface area contributed by atoms with E-state index in [9.17, 15) is 5.11 Å². The van der Waals surface area contributed by atoms with E-state index in [4.69, 9.17) is 0 Å². The monoisotopic (exact) mass is 241 g/mol. The van der Waals surface area contributed by atoms with Crippen molar-refractivity contribution in [2.75, 3.05) is 7.05 Å². The molecule has 2 nitrogen and oxygen atoms in total. The Bertz CT molecular complexity index is 334. The molecule has 70 valence electrons. The molecule has 1 saturated carbocycles. The van der Waals surface area contributed by atoms with Crippen molar-refractivity contribution in [2.24, 2.45) is 0 Å². The Hall–Kier alpha value is -0.540. The maximum Gasteiger partial charge on any atom is 0.121 e. The number of hydrogen-bond acceptors (Lipinski definition) is 2. The summed E-state index contributed by atoms with van der Waals surface area (Å²) < 4.78 is 0.917. The topological polar surface area (TPSA) is 32.3 Å². The minimum atomic E-state index is 0.0464. The average Bonchev–Trinajstić information content (AvgIpc) is 2.85. The van der Waals surface area contributed by atoms with Crippen molar-refractivity contribution < 1.29 is 5.11 Å². The van der Waals surface area contributed by atoms with Crippen molar-refractivity contribution in [2.45, 2.75) is 18.4 Å². The van der Waals surface area contributed by atoms with Crippen molar-refractivity contribution in [1.82, 2.24) is 5.32 Å². The molecule has 0 spiro atoms. The molecule has 0 aromatic heterocycles. The summed E-state index contributed by atoms with van der Waals surface area (Å²) >= 11 is 3.32. The average molecular weight is 242 g/mol. The van der Waals surface area contributed by atoms with Gasteiger partial charge in [-0.2, -0.15) is 0 Å². The Morgan fingerprint density at radius 1 is 1.46 bits per heavy atom. The third kappa shape index (κ3) is 1.46. The zero-order valence-corrected chi connectivity index (χ0v) is 9.06. The molecular formula is C10H12BrNO. The van der Waals surface area contributed by atoms with E-state index in [-0.39, 0.29) is 5.54 Å². The lowest BCUT2D eigenvalue weighted by atomic mass is 10.0. The van der Waals surface area contributed by atoms with Gasteiger partial charge in [0.2, 0.25) is 0 Å². The quantitative estimate of drug-likeness (QED) is 0.834. The maximum atomic E-state index is 9.73. The molecule has 3 heteroatoms. The maximum absolute atomic E-state index is 9.73. The summed E-state index contributed by atoms with van der Waals surface area (Å²) in [6.45, 7) is 0. The third-order valence-corrected chi connectivity index (χ3v) is 3.20. The zero-order chi connectivity index (χ0) is 9.47. The number of nitrogens with one attached hydrogen (secondary N) is 1. The van der Waals surface area contributed by atoms with Crippen LogP contribution in [0, 0.1) is 0 Å². The standard InChI is InChI=1S/C10H12BrNO/c1-12-10(4-5-10)8-3-2-7(11)6-9(8)13/h2-3,6,12-13H,4-5H2,1H3. The predicted molar refractivity (Wildman–Crippen MR) is 55.8 cm³/mol. The van der Waals surface area contributed by atoms with Crippen molar-refractivity contribution in [3.05, 3.63) is 28.2 Å². The van der Waals surface area contributed by atoms with Crippen molar-refractivity contribution in [1.29, 1.82) is 0 Å². The first kappa shape index (κ1) is 9.03. The number of rotatable bonds is 2. The van der Waals surface area contributed by atoms with E-state index in [1.54, 1.807) is 6.07 Å². The number of aromatic hydroxyl groups is 1. The molecule has 1 aromatic carbocycles. The van der Waals surface area contributed by atoms with Gasteiger partial charge in [-0.1, -0.05) is 22.0 Å². The SMILES string of the molecule is CNC1(c2ccc(Br)cc2O)CC1. The van der Waals surface area contributed by atoms with Crippen LogP contribution in [0.25, 0.3) is 0 Å². The van der Waals surface area contributed by atoms with Gasteiger partial charge in [-0.3, -0.25) is 0 Å². The molecule has 0 aliphatic heterocycles. The molecule has 2 N–H and O–H groups in total. The van der Waals surface area contributed by atoms with Crippen LogP contribution in [0.1, 0.15) is 18.4 Å². The summed E-state index contributed by atoms with van der Waals surface area (Å²) in [7, 11) is 1.94. The first-order chi connectivity index (χ1) is 6.18. The largest absolute Gasteiger partial charge is 0.508 e. The van der Waals surface area contributed by atoms with E-state index in [1.807, 2.05) is 19.2 Å². The normalized spacial score (nSPS) is 18.6. The summed E-state index contributed by atoms with van der Waals surface area (Å²) in [5.41, 5.74) is 1.06. The number of phenols is 1. The van der Waals surface area contributed by atoms with Crippen LogP contribution in [0.2, 0.25) is 0 Å². The molecular weight excluding hydrogens is 230 g/mol. The molecule has 0 amide bonds. The number of hydrogen-bond donors (Lipinski definition) is 2. The minimum Gasteiger partial charge on any atom is -0.508 e. The molecule has 0 bridgehead atoms. The molecule has 13 heavy (non-hydrogen) atoms. The minimum absolute atomic E-state index is 0.0464. The lowest BCUT2D eigenvalue weighted by Gasteiger charge is -2.15. The molecule has 0 atom stereocenters. The predicted octanol–water partition coefficient (Wildman–Crippen LogP) is 2.36. The highest BCUT2D eigenvalue weighted by molar-refractivity contribution is 9.10. The van der Waals surface area contributed by atoms with E-state index in [0.717, 1.165) is 22.9 Å². The van der Waals surface area contributed by atoms with Gasteiger partial charge in [-0.25, -0.2) is 0 Å². The molecule has 2 rings (SSSR count). The fourth-order valence-corrected chi connectivity index (χ4v) is 2.04. The van der Waals surface area contributed by atoms with E-state index < -0.39 is 0 Å². The Kier molecular flexibility index (Phi) is 2.08. The second-order valence-corrected chi connectivity index (χ2v) is 4.41. The zero-order valence-electron chi connectivity index (χ0n) is 7.47. The fourth-order valence-electron chi connectivity index (χ4n) is 1.69. The van der Waals surface area contributed by atoms with Gasteiger partial charge in [0.15, 0.2) is 0 Å². The Balaban J connectivity index is 2.41. The van der Waals surface area contributed by atoms with Gasteiger partial charge in [0.1, 0.15) is 5.75 Å². The van der Waals surface area contributed by atoms with Crippen LogP contribution in [-0.4, -0.2) is 12.2 Å². The second-order valence-electron chi connectivity index (χ2n) is 3.49. The number of halogens is 1. The van der Waals surface area contributed by atoms with Crippen LogP contribution >= 0.6 is 15.9 Å². The van der Waals surface area contributed by atoms with Crippen molar-refractivity contribution in [3.8, 4) is 5.75 Å². The van der Waals surface area contributed by atoms with Gasteiger partial charge in [0.05, 0.1) is 0 Å².